The molecule has 3 N–H and O–H groups in total. The van der Waals surface area contributed by atoms with Gasteiger partial charge >= 0.3 is 0 Å². The first-order valence-electron chi connectivity index (χ1n) is 10.2. The number of fused-ring (bicyclic) bond motifs is 2. The molecule has 0 aromatic heterocycles. The SMILES string of the molecule is CCOc1ccc(Cc2cc([C@]34OC[C@](CO)(O3)[C@@H](C)[C@H](O)[C@H]4O)ccc2Cl)cc1. The molecule has 2 saturated heterocycles. The fraction of sp³-hybridized carbons (Fsp3) is 0.478. The van der Waals surface area contributed by atoms with Crippen molar-refractivity contribution in [1.82, 2.24) is 0 Å². The molecule has 0 unspecified atom stereocenters. The zero-order valence-corrected chi connectivity index (χ0v) is 17.8. The number of hydrogen-bond acceptors (Lipinski definition) is 6. The molecule has 6 nitrogen and oxygen atoms in total. The molecule has 5 atom stereocenters. The molecule has 2 aliphatic rings. The molecule has 2 aromatic rings. The molecular weight excluding hydrogens is 408 g/mol. The highest BCUT2D eigenvalue weighted by Crippen LogP contribution is 2.52. The summed E-state index contributed by atoms with van der Waals surface area (Å²) in [6, 6.07) is 13.1. The summed E-state index contributed by atoms with van der Waals surface area (Å²) in [5.41, 5.74) is 1.38. The van der Waals surface area contributed by atoms with Gasteiger partial charge in [-0.05, 0) is 48.7 Å². The number of halogens is 1. The summed E-state index contributed by atoms with van der Waals surface area (Å²) < 4.78 is 17.6. The standard InChI is InChI=1S/C23H27ClO6/c1-3-28-18-7-4-15(5-8-18)10-16-11-17(6-9-19(16)24)23-21(27)20(26)14(2)22(12-25,30-23)13-29-23/h4-9,11,14,20-21,25-27H,3,10,12-13H2,1-2H3/t14-,20-,21+,22-,23-/m0/s1. The van der Waals surface area contributed by atoms with Gasteiger partial charge in [0.1, 0.15) is 17.5 Å². The minimum atomic E-state index is -1.55. The van der Waals surface area contributed by atoms with Crippen LogP contribution in [0.2, 0.25) is 5.02 Å². The van der Waals surface area contributed by atoms with E-state index < -0.39 is 29.5 Å². The van der Waals surface area contributed by atoms with Gasteiger partial charge in [-0.3, -0.25) is 0 Å². The number of rotatable bonds is 6. The van der Waals surface area contributed by atoms with E-state index in [1.807, 2.05) is 37.3 Å². The van der Waals surface area contributed by atoms with Crippen LogP contribution in [-0.2, 0) is 21.7 Å². The van der Waals surface area contributed by atoms with E-state index in [9.17, 15) is 15.3 Å². The molecule has 2 aliphatic heterocycles. The molecule has 2 fully saturated rings. The summed E-state index contributed by atoms with van der Waals surface area (Å²) in [6.45, 7) is 4.05. The molecule has 0 aliphatic carbocycles. The Kier molecular flexibility index (Phi) is 5.83. The summed E-state index contributed by atoms with van der Waals surface area (Å²) >= 11 is 6.45. The van der Waals surface area contributed by atoms with E-state index in [2.05, 4.69) is 0 Å². The Morgan fingerprint density at radius 1 is 1.17 bits per heavy atom. The maximum atomic E-state index is 10.9. The van der Waals surface area contributed by atoms with Gasteiger partial charge in [0, 0.05) is 16.5 Å². The summed E-state index contributed by atoms with van der Waals surface area (Å²) in [5, 5.41) is 32.0. The van der Waals surface area contributed by atoms with Crippen molar-refractivity contribution in [2.45, 2.75) is 43.9 Å². The zero-order chi connectivity index (χ0) is 21.5. The molecular formula is C23H27ClO6. The summed E-state index contributed by atoms with van der Waals surface area (Å²) in [7, 11) is 0. The Morgan fingerprint density at radius 2 is 1.90 bits per heavy atom. The summed E-state index contributed by atoms with van der Waals surface area (Å²) in [5.74, 6) is -1.22. The van der Waals surface area contributed by atoms with Gasteiger partial charge in [-0.2, -0.15) is 0 Å². The Labute approximate surface area is 181 Å². The second kappa shape index (κ2) is 8.11. The van der Waals surface area contributed by atoms with Gasteiger partial charge in [0.15, 0.2) is 0 Å². The molecule has 0 radical (unpaired) electrons. The van der Waals surface area contributed by atoms with E-state index in [0.29, 0.717) is 23.6 Å². The first kappa shape index (κ1) is 21.6. The van der Waals surface area contributed by atoms with Crippen molar-refractivity contribution in [2.75, 3.05) is 19.8 Å². The highest BCUT2D eigenvalue weighted by Gasteiger charge is 2.65. The summed E-state index contributed by atoms with van der Waals surface area (Å²) in [4.78, 5) is 0. The smallest absolute Gasteiger partial charge is 0.225 e. The van der Waals surface area contributed by atoms with E-state index >= 15 is 0 Å². The molecule has 2 heterocycles. The van der Waals surface area contributed by atoms with Crippen molar-refractivity contribution in [2.24, 2.45) is 5.92 Å². The van der Waals surface area contributed by atoms with Crippen LogP contribution in [-0.4, -0.2) is 52.9 Å². The largest absolute Gasteiger partial charge is 0.494 e. The second-order valence-corrected chi connectivity index (χ2v) is 8.47. The second-order valence-electron chi connectivity index (χ2n) is 8.07. The maximum Gasteiger partial charge on any atom is 0.225 e. The maximum absolute atomic E-state index is 10.9. The van der Waals surface area contributed by atoms with E-state index in [0.717, 1.165) is 16.9 Å². The molecule has 2 aromatic carbocycles. The van der Waals surface area contributed by atoms with Crippen molar-refractivity contribution in [3.05, 3.63) is 64.2 Å². The van der Waals surface area contributed by atoms with E-state index in [4.69, 9.17) is 25.8 Å². The first-order chi connectivity index (χ1) is 14.3. The zero-order valence-electron chi connectivity index (χ0n) is 17.0. The van der Waals surface area contributed by atoms with Crippen LogP contribution in [0.5, 0.6) is 5.75 Å². The number of ether oxygens (including phenoxy) is 3. The van der Waals surface area contributed by atoms with Gasteiger partial charge in [-0.25, -0.2) is 0 Å². The molecule has 2 bridgehead atoms. The molecule has 162 valence electrons. The van der Waals surface area contributed by atoms with E-state index in [1.54, 1.807) is 19.1 Å². The predicted molar refractivity (Wildman–Crippen MR) is 112 cm³/mol. The predicted octanol–water partition coefficient (Wildman–Crippen LogP) is 2.63. The Morgan fingerprint density at radius 3 is 2.57 bits per heavy atom. The van der Waals surface area contributed by atoms with Crippen LogP contribution in [0.15, 0.2) is 42.5 Å². The average Bonchev–Trinajstić information content (AvgIpc) is 3.14. The van der Waals surface area contributed by atoms with Gasteiger partial charge in [0.25, 0.3) is 0 Å². The lowest BCUT2D eigenvalue weighted by Crippen LogP contribution is -2.61. The van der Waals surface area contributed by atoms with Gasteiger partial charge < -0.3 is 29.5 Å². The van der Waals surface area contributed by atoms with Crippen LogP contribution in [0.3, 0.4) is 0 Å². The normalized spacial score (nSPS) is 32.9. The fourth-order valence-corrected chi connectivity index (χ4v) is 4.51. The minimum absolute atomic E-state index is 0.0790. The van der Waals surface area contributed by atoms with Gasteiger partial charge in [-0.1, -0.05) is 36.7 Å². The number of benzene rings is 2. The third kappa shape index (κ3) is 3.42. The first-order valence-corrected chi connectivity index (χ1v) is 10.5. The Hall–Kier alpha value is -1.67. The minimum Gasteiger partial charge on any atom is -0.494 e. The van der Waals surface area contributed by atoms with Gasteiger partial charge in [0.2, 0.25) is 5.79 Å². The lowest BCUT2D eigenvalue weighted by molar-refractivity contribution is -0.318. The van der Waals surface area contributed by atoms with Crippen molar-refractivity contribution < 1.29 is 29.5 Å². The number of aliphatic hydroxyl groups is 3. The van der Waals surface area contributed by atoms with Crippen molar-refractivity contribution in [3.63, 3.8) is 0 Å². The van der Waals surface area contributed by atoms with Gasteiger partial charge in [-0.15, -0.1) is 0 Å². The lowest BCUT2D eigenvalue weighted by atomic mass is 9.78. The van der Waals surface area contributed by atoms with Crippen LogP contribution < -0.4 is 4.74 Å². The van der Waals surface area contributed by atoms with Crippen molar-refractivity contribution in [3.8, 4) is 5.75 Å². The lowest BCUT2D eigenvalue weighted by Gasteiger charge is -2.47. The monoisotopic (exact) mass is 434 g/mol. The molecule has 4 rings (SSSR count). The van der Waals surface area contributed by atoms with Crippen molar-refractivity contribution >= 4 is 11.6 Å². The van der Waals surface area contributed by atoms with Crippen molar-refractivity contribution in [1.29, 1.82) is 0 Å². The van der Waals surface area contributed by atoms with Crippen LogP contribution in [0, 0.1) is 5.92 Å². The Bertz CT molecular complexity index is 903. The Balaban J connectivity index is 1.66. The molecule has 0 amide bonds. The fourth-order valence-electron chi connectivity index (χ4n) is 4.32. The molecule has 30 heavy (non-hydrogen) atoms. The van der Waals surface area contributed by atoms with Crippen LogP contribution >= 0.6 is 11.6 Å². The van der Waals surface area contributed by atoms with Gasteiger partial charge in [0.05, 0.1) is 25.9 Å². The molecule has 0 spiro atoms. The van der Waals surface area contributed by atoms with E-state index in [1.165, 1.54) is 0 Å². The molecule has 7 heteroatoms. The summed E-state index contributed by atoms with van der Waals surface area (Å²) in [6.07, 6.45) is -1.83. The topological polar surface area (TPSA) is 88.4 Å². The average molecular weight is 435 g/mol. The van der Waals surface area contributed by atoms with Crippen LogP contribution in [0.4, 0.5) is 0 Å². The van der Waals surface area contributed by atoms with Crippen LogP contribution in [0.25, 0.3) is 0 Å². The molecule has 0 saturated carbocycles. The highest BCUT2D eigenvalue weighted by molar-refractivity contribution is 6.31. The number of aliphatic hydroxyl groups excluding tert-OH is 3. The highest BCUT2D eigenvalue weighted by atomic mass is 35.5. The quantitative estimate of drug-likeness (QED) is 0.647. The number of hydrogen-bond donors (Lipinski definition) is 3. The third-order valence-electron chi connectivity index (χ3n) is 6.29. The third-order valence-corrected chi connectivity index (χ3v) is 6.65. The van der Waals surface area contributed by atoms with Crippen LogP contribution in [0.1, 0.15) is 30.5 Å². The van der Waals surface area contributed by atoms with E-state index in [-0.39, 0.29) is 13.2 Å².